The summed E-state index contributed by atoms with van der Waals surface area (Å²) in [6.45, 7) is 0. The van der Waals surface area contributed by atoms with Crippen molar-refractivity contribution >= 4 is 91.7 Å². The molecule has 0 radical (unpaired) electrons. The summed E-state index contributed by atoms with van der Waals surface area (Å²) in [7, 11) is 0. The minimum Gasteiger partial charge on any atom is -0.253 e. The van der Waals surface area contributed by atoms with Crippen LogP contribution in [0.5, 0.6) is 0 Å². The van der Waals surface area contributed by atoms with E-state index in [1.807, 2.05) is 49.1 Å². The van der Waals surface area contributed by atoms with Gasteiger partial charge in [0.05, 0.1) is 47.6 Å². The fourth-order valence-corrected chi connectivity index (χ4v) is 7.32. The first-order valence-electron chi connectivity index (χ1n) is 20.0. The first-order chi connectivity index (χ1) is 29.7. The molecule has 0 unspecified atom stereocenters. The van der Waals surface area contributed by atoms with Crippen LogP contribution >= 0.6 is 0 Å². The maximum Gasteiger partial charge on any atom is 0.0813 e. The lowest BCUT2D eigenvalue weighted by molar-refractivity contribution is 1.16. The SMILES string of the molecule is C(=Cc1cccc2ccccc12)c1cnc(C=Cc2cccc3ccccc23)cn1.C(=Cc1cccc2ccccc12)c1cnc(C=Cc2cccc3ccccc23)cn1. The summed E-state index contributed by atoms with van der Waals surface area (Å²) < 4.78 is 0. The number of rotatable bonds is 8. The van der Waals surface area contributed by atoms with Crippen molar-refractivity contribution in [2.45, 2.75) is 0 Å². The fourth-order valence-electron chi connectivity index (χ4n) is 7.32. The summed E-state index contributed by atoms with van der Waals surface area (Å²) in [5.74, 6) is 0. The Labute approximate surface area is 349 Å². The average Bonchev–Trinajstić information content (AvgIpc) is 3.32. The van der Waals surface area contributed by atoms with Crippen LogP contribution < -0.4 is 0 Å². The molecule has 2 heterocycles. The van der Waals surface area contributed by atoms with Crippen molar-refractivity contribution in [1.29, 1.82) is 0 Å². The van der Waals surface area contributed by atoms with Crippen molar-refractivity contribution in [2.75, 3.05) is 0 Å². The molecule has 0 N–H and O–H groups in total. The Morgan fingerprint density at radius 3 is 0.667 bits per heavy atom. The van der Waals surface area contributed by atoms with Crippen molar-refractivity contribution in [1.82, 2.24) is 19.9 Å². The van der Waals surface area contributed by atoms with Crippen molar-refractivity contribution < 1.29 is 0 Å². The van der Waals surface area contributed by atoms with Crippen LogP contribution in [-0.2, 0) is 0 Å². The van der Waals surface area contributed by atoms with Crippen LogP contribution in [0.25, 0.3) is 91.7 Å². The Morgan fingerprint density at radius 1 is 0.217 bits per heavy atom. The molecule has 4 heteroatoms. The van der Waals surface area contributed by atoms with E-state index >= 15 is 0 Å². The topological polar surface area (TPSA) is 51.6 Å². The number of hydrogen-bond donors (Lipinski definition) is 0. The summed E-state index contributed by atoms with van der Waals surface area (Å²) in [5.41, 5.74) is 8.06. The van der Waals surface area contributed by atoms with Gasteiger partial charge in [-0.2, -0.15) is 0 Å². The van der Waals surface area contributed by atoms with Gasteiger partial charge in [-0.05, 0) is 89.6 Å². The van der Waals surface area contributed by atoms with E-state index < -0.39 is 0 Å². The molecule has 10 aromatic rings. The van der Waals surface area contributed by atoms with Gasteiger partial charge in [0.1, 0.15) is 0 Å². The molecule has 8 aromatic carbocycles. The molecule has 0 saturated carbocycles. The highest BCUT2D eigenvalue weighted by Gasteiger charge is 2.01. The second-order valence-electron chi connectivity index (χ2n) is 14.3. The smallest absolute Gasteiger partial charge is 0.0813 e. The van der Waals surface area contributed by atoms with Gasteiger partial charge in [0.15, 0.2) is 0 Å². The highest BCUT2D eigenvalue weighted by Crippen LogP contribution is 2.24. The lowest BCUT2D eigenvalue weighted by atomic mass is 10.0. The summed E-state index contributed by atoms with van der Waals surface area (Å²) in [5, 5.41) is 9.88. The molecule has 2 aromatic heterocycles. The fraction of sp³-hybridized carbons (Fsp3) is 0. The van der Waals surface area contributed by atoms with Gasteiger partial charge in [-0.3, -0.25) is 19.9 Å². The molecule has 0 atom stereocenters. The van der Waals surface area contributed by atoms with Gasteiger partial charge in [-0.15, -0.1) is 0 Å². The van der Waals surface area contributed by atoms with E-state index in [2.05, 4.69) is 214 Å². The molecule has 0 saturated heterocycles. The standard InChI is InChI=1S/2C28H20N2/c2*1-3-13-27-21(7-1)9-5-11-23(27)15-17-25-19-30-26(20-29-25)18-16-24-12-6-10-22-8-2-4-14-28(22)24/h2*1-20H. The van der Waals surface area contributed by atoms with E-state index in [0.717, 1.165) is 22.8 Å². The lowest BCUT2D eigenvalue weighted by Gasteiger charge is -2.02. The summed E-state index contributed by atoms with van der Waals surface area (Å²) in [4.78, 5) is 18.2. The molecular formula is C56H40N4. The Balaban J connectivity index is 0.000000154. The maximum atomic E-state index is 4.55. The van der Waals surface area contributed by atoms with Crippen molar-refractivity contribution in [3.05, 3.63) is 240 Å². The summed E-state index contributed by atoms with van der Waals surface area (Å²) >= 11 is 0. The second kappa shape index (κ2) is 18.0. The van der Waals surface area contributed by atoms with Gasteiger partial charge in [0.2, 0.25) is 0 Å². The normalized spacial score (nSPS) is 11.7. The maximum absolute atomic E-state index is 4.55. The zero-order chi connectivity index (χ0) is 40.4. The Morgan fingerprint density at radius 2 is 0.433 bits per heavy atom. The zero-order valence-corrected chi connectivity index (χ0v) is 32.9. The number of fused-ring (bicyclic) bond motifs is 4. The molecule has 0 aliphatic rings. The van der Waals surface area contributed by atoms with Gasteiger partial charge < -0.3 is 0 Å². The van der Waals surface area contributed by atoms with Crippen LogP contribution in [0.4, 0.5) is 0 Å². The number of nitrogens with zero attached hydrogens (tertiary/aromatic N) is 4. The van der Waals surface area contributed by atoms with Crippen LogP contribution in [0, 0.1) is 0 Å². The predicted molar refractivity (Wildman–Crippen MR) is 256 cm³/mol. The van der Waals surface area contributed by atoms with Gasteiger partial charge in [0, 0.05) is 0 Å². The predicted octanol–water partition coefficient (Wildman–Crippen LogP) is 14.2. The molecule has 0 fully saturated rings. The van der Waals surface area contributed by atoms with Crippen LogP contribution in [0.1, 0.15) is 45.0 Å². The Kier molecular flexibility index (Phi) is 11.3. The summed E-state index contributed by atoms with van der Waals surface area (Å²) in [6.07, 6.45) is 23.6. The molecule has 0 bridgehead atoms. The third kappa shape index (κ3) is 8.89. The first-order valence-corrected chi connectivity index (χ1v) is 20.0. The Bertz CT molecular complexity index is 2740. The third-order valence-corrected chi connectivity index (χ3v) is 10.4. The van der Waals surface area contributed by atoms with Crippen LogP contribution in [0.3, 0.4) is 0 Å². The molecule has 10 rings (SSSR count). The van der Waals surface area contributed by atoms with E-state index in [1.165, 1.54) is 65.3 Å². The highest BCUT2D eigenvalue weighted by molar-refractivity contribution is 5.95. The summed E-state index contributed by atoms with van der Waals surface area (Å²) in [6, 6.07) is 58.9. The van der Waals surface area contributed by atoms with Gasteiger partial charge in [-0.1, -0.05) is 194 Å². The van der Waals surface area contributed by atoms with Crippen molar-refractivity contribution in [2.24, 2.45) is 0 Å². The van der Waals surface area contributed by atoms with Gasteiger partial charge in [0.25, 0.3) is 0 Å². The van der Waals surface area contributed by atoms with Crippen LogP contribution in [0.15, 0.2) is 195 Å². The van der Waals surface area contributed by atoms with Crippen molar-refractivity contribution in [3.8, 4) is 0 Å². The molecule has 0 aliphatic carbocycles. The monoisotopic (exact) mass is 768 g/mol. The lowest BCUT2D eigenvalue weighted by Crippen LogP contribution is -1.87. The highest BCUT2D eigenvalue weighted by atomic mass is 14.8. The molecule has 0 aliphatic heterocycles. The van der Waals surface area contributed by atoms with Crippen molar-refractivity contribution in [3.63, 3.8) is 0 Å². The van der Waals surface area contributed by atoms with Crippen LogP contribution in [0.2, 0.25) is 0 Å². The van der Waals surface area contributed by atoms with E-state index in [9.17, 15) is 0 Å². The molecular weight excluding hydrogens is 729 g/mol. The zero-order valence-electron chi connectivity index (χ0n) is 32.9. The average molecular weight is 769 g/mol. The van der Waals surface area contributed by atoms with E-state index in [-0.39, 0.29) is 0 Å². The number of hydrogen-bond acceptors (Lipinski definition) is 4. The minimum absolute atomic E-state index is 0.838. The van der Waals surface area contributed by atoms with E-state index in [0.29, 0.717) is 0 Å². The number of aromatic nitrogens is 4. The second-order valence-corrected chi connectivity index (χ2v) is 14.3. The minimum atomic E-state index is 0.838. The molecule has 284 valence electrons. The number of benzene rings is 8. The molecule has 0 spiro atoms. The van der Waals surface area contributed by atoms with Crippen LogP contribution in [-0.4, -0.2) is 19.9 Å². The van der Waals surface area contributed by atoms with E-state index in [1.54, 1.807) is 0 Å². The largest absolute Gasteiger partial charge is 0.253 e. The molecule has 4 nitrogen and oxygen atoms in total. The van der Waals surface area contributed by atoms with Gasteiger partial charge >= 0.3 is 0 Å². The van der Waals surface area contributed by atoms with E-state index in [4.69, 9.17) is 0 Å². The van der Waals surface area contributed by atoms with Gasteiger partial charge in [-0.25, -0.2) is 0 Å². The third-order valence-electron chi connectivity index (χ3n) is 10.4. The molecule has 0 amide bonds. The molecule has 60 heavy (non-hydrogen) atoms. The Hall–Kier alpha value is -8.08. The quantitative estimate of drug-likeness (QED) is 0.154. The first kappa shape index (κ1) is 37.5.